The number of ether oxygens (including phenoxy) is 1. The third kappa shape index (κ3) is 5.29. The van der Waals surface area contributed by atoms with E-state index in [9.17, 15) is 9.90 Å². The van der Waals surface area contributed by atoms with E-state index in [4.69, 9.17) is 4.74 Å². The molecule has 1 saturated heterocycles. The van der Waals surface area contributed by atoms with Gasteiger partial charge in [0.2, 0.25) is 0 Å². The minimum Gasteiger partial charge on any atom is -0.393 e. The van der Waals surface area contributed by atoms with Crippen molar-refractivity contribution in [1.29, 1.82) is 0 Å². The zero-order chi connectivity index (χ0) is 15.6. The Morgan fingerprint density at radius 2 is 1.95 bits per heavy atom. The SMILES string of the molecule is CC(O)CC(C)CNC(=O)NC1CC(C)(C)OC1(C)C. The molecule has 0 aromatic carbocycles. The van der Waals surface area contributed by atoms with Crippen LogP contribution in [0.4, 0.5) is 4.79 Å². The molecule has 0 saturated carbocycles. The molecule has 1 aliphatic rings. The van der Waals surface area contributed by atoms with E-state index in [0.29, 0.717) is 13.0 Å². The van der Waals surface area contributed by atoms with E-state index >= 15 is 0 Å². The molecule has 1 fully saturated rings. The van der Waals surface area contributed by atoms with Crippen LogP contribution in [0.2, 0.25) is 0 Å². The van der Waals surface area contributed by atoms with Crippen molar-refractivity contribution in [3.63, 3.8) is 0 Å². The number of rotatable bonds is 5. The fourth-order valence-corrected chi connectivity index (χ4v) is 2.93. The Bertz CT molecular complexity index is 340. The van der Waals surface area contributed by atoms with Gasteiger partial charge in [-0.05, 0) is 53.4 Å². The van der Waals surface area contributed by atoms with Gasteiger partial charge in [0.1, 0.15) is 0 Å². The maximum Gasteiger partial charge on any atom is 0.315 e. The highest BCUT2D eigenvalue weighted by Crippen LogP contribution is 2.37. The van der Waals surface area contributed by atoms with Gasteiger partial charge in [0, 0.05) is 6.54 Å². The predicted molar refractivity (Wildman–Crippen MR) is 79.6 cm³/mol. The highest BCUT2D eigenvalue weighted by atomic mass is 16.5. The number of carbonyl (C=O) groups excluding carboxylic acids is 1. The summed E-state index contributed by atoms with van der Waals surface area (Å²) in [5, 5.41) is 15.2. The van der Waals surface area contributed by atoms with Gasteiger partial charge in [0.25, 0.3) is 0 Å². The molecular formula is C15H30N2O3. The van der Waals surface area contributed by atoms with Crippen molar-refractivity contribution in [2.45, 2.75) is 77.7 Å². The van der Waals surface area contributed by atoms with Crippen molar-refractivity contribution in [3.8, 4) is 0 Å². The smallest absolute Gasteiger partial charge is 0.315 e. The molecule has 118 valence electrons. The molecule has 3 atom stereocenters. The van der Waals surface area contributed by atoms with Crippen LogP contribution in [0.3, 0.4) is 0 Å². The summed E-state index contributed by atoms with van der Waals surface area (Å²) in [6.45, 7) is 12.4. The largest absolute Gasteiger partial charge is 0.393 e. The molecule has 2 amide bonds. The standard InChI is InChI=1S/C15H30N2O3/c1-10(7-11(2)18)9-16-13(19)17-12-8-14(3,4)20-15(12,5)6/h10-12,18H,7-9H2,1-6H3,(H2,16,17,19). The van der Waals surface area contributed by atoms with Crippen molar-refractivity contribution >= 4 is 6.03 Å². The van der Waals surface area contributed by atoms with Crippen molar-refractivity contribution in [2.75, 3.05) is 6.54 Å². The van der Waals surface area contributed by atoms with Crippen LogP contribution in [0.5, 0.6) is 0 Å². The topological polar surface area (TPSA) is 70.6 Å². The normalized spacial score (nSPS) is 26.9. The van der Waals surface area contributed by atoms with E-state index in [1.54, 1.807) is 6.92 Å². The third-order valence-corrected chi connectivity index (χ3v) is 3.73. The monoisotopic (exact) mass is 286 g/mol. The maximum atomic E-state index is 11.9. The molecule has 5 nitrogen and oxygen atoms in total. The number of aliphatic hydroxyl groups excluding tert-OH is 1. The van der Waals surface area contributed by atoms with Gasteiger partial charge in [-0.2, -0.15) is 0 Å². The first-order valence-electron chi connectivity index (χ1n) is 7.44. The summed E-state index contributed by atoms with van der Waals surface area (Å²) >= 11 is 0. The summed E-state index contributed by atoms with van der Waals surface area (Å²) in [6.07, 6.45) is 1.15. The highest BCUT2D eigenvalue weighted by molar-refractivity contribution is 5.74. The Kier molecular flexibility index (Phi) is 5.44. The van der Waals surface area contributed by atoms with Crippen LogP contribution in [-0.2, 0) is 4.74 Å². The zero-order valence-corrected chi connectivity index (χ0v) is 13.6. The van der Waals surface area contributed by atoms with E-state index in [1.165, 1.54) is 0 Å². The molecule has 0 spiro atoms. The molecule has 20 heavy (non-hydrogen) atoms. The molecule has 1 rings (SSSR count). The maximum absolute atomic E-state index is 11.9. The molecule has 3 N–H and O–H groups in total. The number of urea groups is 1. The van der Waals surface area contributed by atoms with Crippen molar-refractivity contribution in [3.05, 3.63) is 0 Å². The van der Waals surface area contributed by atoms with Gasteiger partial charge in [0.15, 0.2) is 0 Å². The molecule has 3 unspecified atom stereocenters. The lowest BCUT2D eigenvalue weighted by Crippen LogP contribution is -2.50. The molecule has 0 aliphatic carbocycles. The summed E-state index contributed by atoms with van der Waals surface area (Å²) in [7, 11) is 0. The second-order valence-corrected chi connectivity index (χ2v) is 7.27. The lowest BCUT2D eigenvalue weighted by atomic mass is 9.95. The first kappa shape index (κ1) is 17.2. The van der Waals surface area contributed by atoms with E-state index in [2.05, 4.69) is 10.6 Å². The predicted octanol–water partition coefficient (Wildman–Crippen LogP) is 2.04. The number of aliphatic hydroxyl groups is 1. The lowest BCUT2D eigenvalue weighted by molar-refractivity contribution is -0.0690. The van der Waals surface area contributed by atoms with Crippen molar-refractivity contribution in [1.82, 2.24) is 10.6 Å². The van der Waals surface area contributed by atoms with Crippen LogP contribution < -0.4 is 10.6 Å². The van der Waals surface area contributed by atoms with Gasteiger partial charge in [-0.3, -0.25) is 0 Å². The fraction of sp³-hybridized carbons (Fsp3) is 0.933. The van der Waals surface area contributed by atoms with Gasteiger partial charge in [-0.15, -0.1) is 0 Å². The molecule has 5 heteroatoms. The van der Waals surface area contributed by atoms with Gasteiger partial charge >= 0.3 is 6.03 Å². The summed E-state index contributed by atoms with van der Waals surface area (Å²) in [4.78, 5) is 11.9. The molecule has 0 aromatic heterocycles. The molecular weight excluding hydrogens is 256 g/mol. The Labute approximate surface area is 122 Å². The number of hydrogen-bond donors (Lipinski definition) is 3. The first-order valence-corrected chi connectivity index (χ1v) is 7.44. The summed E-state index contributed by atoms with van der Waals surface area (Å²) < 4.78 is 5.95. The van der Waals surface area contributed by atoms with Gasteiger partial charge in [0.05, 0.1) is 23.3 Å². The Morgan fingerprint density at radius 3 is 2.40 bits per heavy atom. The van der Waals surface area contributed by atoms with Crippen molar-refractivity contribution in [2.24, 2.45) is 5.92 Å². The van der Waals surface area contributed by atoms with Crippen molar-refractivity contribution < 1.29 is 14.6 Å². The van der Waals surface area contributed by atoms with E-state index in [-0.39, 0.29) is 35.3 Å². The van der Waals surface area contributed by atoms with Crippen LogP contribution in [0.25, 0.3) is 0 Å². The average molecular weight is 286 g/mol. The first-order chi connectivity index (χ1) is 9.02. The number of hydrogen-bond acceptors (Lipinski definition) is 3. The van der Waals surface area contributed by atoms with Crippen LogP contribution >= 0.6 is 0 Å². The molecule has 0 bridgehead atoms. The van der Waals surface area contributed by atoms with Crippen LogP contribution in [0.15, 0.2) is 0 Å². The average Bonchev–Trinajstić information content (AvgIpc) is 2.42. The highest BCUT2D eigenvalue weighted by Gasteiger charge is 2.46. The summed E-state index contributed by atoms with van der Waals surface area (Å²) in [5.74, 6) is 0.255. The minimum atomic E-state index is -0.355. The minimum absolute atomic E-state index is 0.00423. The van der Waals surface area contributed by atoms with E-state index in [1.807, 2.05) is 34.6 Å². The van der Waals surface area contributed by atoms with Crippen LogP contribution in [0, 0.1) is 5.92 Å². The molecule has 1 heterocycles. The second kappa shape index (κ2) is 6.31. The molecule has 0 aromatic rings. The second-order valence-electron chi connectivity index (χ2n) is 7.27. The quantitative estimate of drug-likeness (QED) is 0.724. The summed E-state index contributed by atoms with van der Waals surface area (Å²) in [6, 6.07) is -0.161. The molecule has 1 aliphatic heterocycles. The van der Waals surface area contributed by atoms with E-state index in [0.717, 1.165) is 6.42 Å². The van der Waals surface area contributed by atoms with Gasteiger partial charge < -0.3 is 20.5 Å². The Hall–Kier alpha value is -0.810. The Balaban J connectivity index is 2.39. The summed E-state index contributed by atoms with van der Waals surface area (Å²) in [5.41, 5.74) is -0.562. The fourth-order valence-electron chi connectivity index (χ4n) is 2.93. The number of amides is 2. The van der Waals surface area contributed by atoms with Gasteiger partial charge in [-0.25, -0.2) is 4.79 Å². The van der Waals surface area contributed by atoms with Gasteiger partial charge in [-0.1, -0.05) is 6.92 Å². The Morgan fingerprint density at radius 1 is 1.35 bits per heavy atom. The lowest BCUT2D eigenvalue weighted by Gasteiger charge is -2.28. The van der Waals surface area contributed by atoms with E-state index < -0.39 is 0 Å². The number of carbonyl (C=O) groups is 1. The third-order valence-electron chi connectivity index (χ3n) is 3.73. The van der Waals surface area contributed by atoms with Crippen LogP contribution in [-0.4, -0.2) is 41.0 Å². The molecule has 0 radical (unpaired) electrons. The van der Waals surface area contributed by atoms with Crippen LogP contribution in [0.1, 0.15) is 54.4 Å². The zero-order valence-electron chi connectivity index (χ0n) is 13.6. The number of nitrogens with one attached hydrogen (secondary N) is 2.